The van der Waals surface area contributed by atoms with Gasteiger partial charge in [0.25, 0.3) is 0 Å². The summed E-state index contributed by atoms with van der Waals surface area (Å²) in [6.07, 6.45) is 2.99. The Kier molecular flexibility index (Phi) is 3.42. The molecule has 120 valence electrons. The maximum atomic E-state index is 11.1. The number of carbonyl (C=O) groups is 1. The van der Waals surface area contributed by atoms with Gasteiger partial charge in [-0.25, -0.2) is 9.48 Å². The van der Waals surface area contributed by atoms with Crippen LogP contribution in [-0.2, 0) is 7.05 Å². The predicted octanol–water partition coefficient (Wildman–Crippen LogP) is 1.30. The Morgan fingerprint density at radius 2 is 2.00 bits per heavy atom. The van der Waals surface area contributed by atoms with Crippen LogP contribution in [0.15, 0.2) is 6.20 Å². The van der Waals surface area contributed by atoms with Crippen molar-refractivity contribution in [2.75, 3.05) is 31.1 Å². The van der Waals surface area contributed by atoms with Crippen molar-refractivity contribution >= 4 is 17.6 Å². The van der Waals surface area contributed by atoms with Gasteiger partial charge in [0.2, 0.25) is 5.82 Å². The third-order valence-electron chi connectivity index (χ3n) is 4.92. The van der Waals surface area contributed by atoms with Crippen LogP contribution in [0, 0.1) is 15.5 Å². The monoisotopic (exact) mass is 309 g/mol. The van der Waals surface area contributed by atoms with Gasteiger partial charge in [0.05, 0.1) is 4.92 Å². The average Bonchev–Trinajstić information content (AvgIpc) is 3.05. The molecule has 1 aromatic heterocycles. The second-order valence-corrected chi connectivity index (χ2v) is 6.18. The standard InChI is InChI=1S/C13H19N5O4/c1-15-11(10(8-14-15)18(21)22)16-5-2-13(3-6-16)4-7-17(9-13)12(19)20/h8H,2-7,9H2,1H3,(H,19,20). The van der Waals surface area contributed by atoms with Crippen LogP contribution in [0.5, 0.6) is 0 Å². The molecule has 9 nitrogen and oxygen atoms in total. The molecule has 1 N–H and O–H groups in total. The Hall–Kier alpha value is -2.32. The fourth-order valence-corrected chi connectivity index (χ4v) is 3.61. The van der Waals surface area contributed by atoms with Crippen molar-refractivity contribution in [3.63, 3.8) is 0 Å². The number of anilines is 1. The first kappa shape index (κ1) is 14.6. The summed E-state index contributed by atoms with van der Waals surface area (Å²) in [5.74, 6) is 0.535. The van der Waals surface area contributed by atoms with Crippen molar-refractivity contribution < 1.29 is 14.8 Å². The molecule has 0 unspecified atom stereocenters. The first-order valence-electron chi connectivity index (χ1n) is 7.31. The summed E-state index contributed by atoms with van der Waals surface area (Å²) in [5.41, 5.74) is 0.0551. The highest BCUT2D eigenvalue weighted by Crippen LogP contribution is 2.42. The van der Waals surface area contributed by atoms with Crippen LogP contribution in [0.3, 0.4) is 0 Å². The lowest BCUT2D eigenvalue weighted by Crippen LogP contribution is -2.43. The Balaban J connectivity index is 1.72. The summed E-state index contributed by atoms with van der Waals surface area (Å²) >= 11 is 0. The number of aromatic nitrogens is 2. The van der Waals surface area contributed by atoms with Crippen LogP contribution in [0.4, 0.5) is 16.3 Å². The second kappa shape index (κ2) is 5.15. The molecule has 3 heterocycles. The maximum absolute atomic E-state index is 11.1. The minimum atomic E-state index is -0.860. The molecule has 0 aliphatic carbocycles. The largest absolute Gasteiger partial charge is 0.465 e. The zero-order valence-electron chi connectivity index (χ0n) is 12.4. The van der Waals surface area contributed by atoms with Crippen LogP contribution in [-0.4, -0.2) is 57.0 Å². The number of carboxylic acid groups (broad SMARTS) is 1. The van der Waals surface area contributed by atoms with Crippen molar-refractivity contribution in [3.05, 3.63) is 16.3 Å². The molecule has 1 spiro atoms. The lowest BCUT2D eigenvalue weighted by Gasteiger charge is -2.39. The summed E-state index contributed by atoms with van der Waals surface area (Å²) in [5, 5.41) is 24.2. The molecule has 2 aliphatic rings. The number of hydrogen-bond acceptors (Lipinski definition) is 5. The molecule has 9 heteroatoms. The van der Waals surface area contributed by atoms with Crippen molar-refractivity contribution in [3.8, 4) is 0 Å². The smallest absolute Gasteiger partial charge is 0.407 e. The molecule has 0 bridgehead atoms. The Morgan fingerprint density at radius 3 is 2.55 bits per heavy atom. The number of piperidine rings is 1. The highest BCUT2D eigenvalue weighted by molar-refractivity contribution is 5.65. The van der Waals surface area contributed by atoms with Gasteiger partial charge in [-0.05, 0) is 24.7 Å². The minimum Gasteiger partial charge on any atom is -0.465 e. The first-order valence-corrected chi connectivity index (χ1v) is 7.31. The van der Waals surface area contributed by atoms with E-state index < -0.39 is 11.0 Å². The molecule has 0 aromatic carbocycles. The van der Waals surface area contributed by atoms with E-state index in [1.807, 2.05) is 4.90 Å². The van der Waals surface area contributed by atoms with Crippen molar-refractivity contribution in [2.45, 2.75) is 19.3 Å². The molecule has 2 fully saturated rings. The SMILES string of the molecule is Cn1ncc([N+](=O)[O-])c1N1CCC2(CCN(C(=O)O)C2)CC1. The van der Waals surface area contributed by atoms with E-state index >= 15 is 0 Å². The number of hydrogen-bond donors (Lipinski definition) is 1. The molecule has 1 amide bonds. The lowest BCUT2D eigenvalue weighted by molar-refractivity contribution is -0.384. The van der Waals surface area contributed by atoms with Gasteiger partial charge in [0.15, 0.2) is 0 Å². The van der Waals surface area contributed by atoms with E-state index in [9.17, 15) is 14.9 Å². The van der Waals surface area contributed by atoms with E-state index in [0.29, 0.717) is 32.0 Å². The maximum Gasteiger partial charge on any atom is 0.407 e. The van der Waals surface area contributed by atoms with Gasteiger partial charge in [-0.15, -0.1) is 0 Å². The molecular formula is C13H19N5O4. The van der Waals surface area contributed by atoms with E-state index in [1.165, 1.54) is 15.8 Å². The van der Waals surface area contributed by atoms with E-state index in [1.54, 1.807) is 7.05 Å². The topological polar surface area (TPSA) is 105 Å². The minimum absolute atomic E-state index is 0.0250. The molecule has 3 rings (SSSR count). The number of nitro groups is 1. The van der Waals surface area contributed by atoms with Crippen LogP contribution >= 0.6 is 0 Å². The summed E-state index contributed by atoms with van der Waals surface area (Å²) < 4.78 is 1.54. The van der Waals surface area contributed by atoms with Crippen LogP contribution < -0.4 is 4.90 Å². The van der Waals surface area contributed by atoms with Gasteiger partial charge < -0.3 is 14.9 Å². The predicted molar refractivity (Wildman–Crippen MR) is 78.0 cm³/mol. The first-order chi connectivity index (χ1) is 10.4. The van der Waals surface area contributed by atoms with Crippen molar-refractivity contribution in [2.24, 2.45) is 12.5 Å². The third kappa shape index (κ3) is 2.36. The number of rotatable bonds is 2. The Bertz CT molecular complexity index is 606. The normalized spacial score (nSPS) is 20.6. The van der Waals surface area contributed by atoms with Crippen LogP contribution in [0.2, 0.25) is 0 Å². The number of aryl methyl sites for hydroxylation is 1. The third-order valence-corrected chi connectivity index (χ3v) is 4.92. The molecule has 0 atom stereocenters. The highest BCUT2D eigenvalue weighted by Gasteiger charge is 2.43. The zero-order valence-corrected chi connectivity index (χ0v) is 12.4. The van der Waals surface area contributed by atoms with Crippen LogP contribution in [0.1, 0.15) is 19.3 Å². The van der Waals surface area contributed by atoms with E-state index in [2.05, 4.69) is 5.10 Å². The second-order valence-electron chi connectivity index (χ2n) is 6.18. The lowest BCUT2D eigenvalue weighted by atomic mass is 9.78. The van der Waals surface area contributed by atoms with E-state index in [4.69, 9.17) is 5.11 Å². The van der Waals surface area contributed by atoms with Crippen molar-refractivity contribution in [1.82, 2.24) is 14.7 Å². The van der Waals surface area contributed by atoms with Crippen LogP contribution in [0.25, 0.3) is 0 Å². The average molecular weight is 309 g/mol. The van der Waals surface area contributed by atoms with Gasteiger partial charge in [-0.2, -0.15) is 5.10 Å². The summed E-state index contributed by atoms with van der Waals surface area (Å²) in [6.45, 7) is 2.53. The van der Waals surface area contributed by atoms with Gasteiger partial charge in [-0.3, -0.25) is 10.1 Å². The fourth-order valence-electron chi connectivity index (χ4n) is 3.61. The molecule has 0 radical (unpaired) electrons. The highest BCUT2D eigenvalue weighted by atomic mass is 16.6. The molecule has 22 heavy (non-hydrogen) atoms. The zero-order chi connectivity index (χ0) is 15.9. The Labute approximate surface area is 127 Å². The molecule has 0 saturated carbocycles. The molecule has 2 aliphatic heterocycles. The van der Waals surface area contributed by atoms with Gasteiger partial charge in [0, 0.05) is 33.2 Å². The summed E-state index contributed by atoms with van der Waals surface area (Å²) in [4.78, 5) is 25.2. The molecular weight excluding hydrogens is 290 g/mol. The summed E-state index contributed by atoms with van der Waals surface area (Å²) in [7, 11) is 1.70. The Morgan fingerprint density at radius 1 is 1.36 bits per heavy atom. The fraction of sp³-hybridized carbons (Fsp3) is 0.692. The van der Waals surface area contributed by atoms with Gasteiger partial charge in [-0.1, -0.05) is 0 Å². The van der Waals surface area contributed by atoms with Gasteiger partial charge in [0.1, 0.15) is 6.20 Å². The van der Waals surface area contributed by atoms with Crippen molar-refractivity contribution in [1.29, 1.82) is 0 Å². The summed E-state index contributed by atoms with van der Waals surface area (Å²) in [6, 6.07) is 0. The van der Waals surface area contributed by atoms with E-state index in [0.717, 1.165) is 19.3 Å². The quantitative estimate of drug-likeness (QED) is 0.652. The van der Waals surface area contributed by atoms with E-state index in [-0.39, 0.29) is 11.1 Å². The molecule has 1 aromatic rings. The molecule has 2 saturated heterocycles. The number of nitrogens with zero attached hydrogens (tertiary/aromatic N) is 5. The number of amides is 1. The number of likely N-dealkylation sites (tertiary alicyclic amines) is 1. The van der Waals surface area contributed by atoms with Gasteiger partial charge >= 0.3 is 11.8 Å².